The number of fused-ring (bicyclic) bond motifs is 10. The maximum absolute atomic E-state index is 8.59. The molecule has 0 saturated carbocycles. The summed E-state index contributed by atoms with van der Waals surface area (Å²) in [6.07, 6.45) is 25.3. The summed E-state index contributed by atoms with van der Waals surface area (Å²) in [5, 5.41) is 3.55. The highest BCUT2D eigenvalue weighted by Gasteiger charge is 2.50. The Morgan fingerprint density at radius 1 is 0.756 bits per heavy atom. The van der Waals surface area contributed by atoms with E-state index < -0.39 is 14.9 Å². The average molecular weight is 566 g/mol. The Morgan fingerprint density at radius 2 is 1.39 bits per heavy atom. The van der Waals surface area contributed by atoms with Crippen LogP contribution < -0.4 is 10.4 Å². The molecule has 1 fully saturated rings. The molecule has 41 heavy (non-hydrogen) atoms. The van der Waals surface area contributed by atoms with Crippen LogP contribution in [-0.2, 0) is 0 Å². The van der Waals surface area contributed by atoms with Gasteiger partial charge in [-0.1, -0.05) is 91.3 Å². The molecule has 11 heteroatoms. The predicted octanol–water partition coefficient (Wildman–Crippen LogP) is 4.17. The summed E-state index contributed by atoms with van der Waals surface area (Å²) in [5.74, 6) is 8.93. The van der Waals surface area contributed by atoms with Crippen molar-refractivity contribution in [1.82, 2.24) is 23.9 Å². The highest BCUT2D eigenvalue weighted by Crippen LogP contribution is 2.40. The molecule has 0 atom stereocenters. The van der Waals surface area contributed by atoms with Crippen LogP contribution >= 0.6 is 11.8 Å². The van der Waals surface area contributed by atoms with E-state index in [1.54, 1.807) is 11.8 Å². The molecule has 1 aromatic heterocycles. The van der Waals surface area contributed by atoms with Crippen LogP contribution in [0.3, 0.4) is 0 Å². The molecule has 0 aliphatic carbocycles. The molecule has 196 valence electrons. The molecule has 0 N–H and O–H groups in total. The lowest BCUT2D eigenvalue weighted by Gasteiger charge is -2.53. The van der Waals surface area contributed by atoms with Crippen LogP contribution in [0, 0.1) is 6.85 Å². The van der Waals surface area contributed by atoms with E-state index in [1.807, 2.05) is 18.3 Å². The van der Waals surface area contributed by atoms with Gasteiger partial charge in [0.15, 0.2) is 0 Å². The molecule has 7 heterocycles. The Morgan fingerprint density at radius 3 is 2.05 bits per heavy atom. The lowest BCUT2D eigenvalue weighted by atomic mass is 9.41. The molecule has 0 radical (unpaired) electrons. The fraction of sp³-hybridized carbons (Fsp3) is 0.100. The Labute approximate surface area is 253 Å². The van der Waals surface area contributed by atoms with E-state index in [9.17, 15) is 0 Å². The summed E-state index contributed by atoms with van der Waals surface area (Å²) in [7, 11) is -2.13. The largest absolute Gasteiger partial charge is 0.423 e. The minimum Gasteiger partial charge on any atom is -0.423 e. The van der Waals surface area contributed by atoms with Gasteiger partial charge in [0, 0.05) is 15.2 Å². The van der Waals surface area contributed by atoms with Gasteiger partial charge >= 0.3 is 27.9 Å². The standard InChI is InChI=1S/C30H29B4N5SSi/c1-24-12-13-26-29(40-30-27(41(26,2)3)11-10-19-35-30)28(24)25-14-18-34-38-22-8-5-16-32(38)36-20-7-4-15-31(36)37-21-9-6-17-33(37)39(34)23-25/h4-23H,1-3H3/i1D3. The maximum atomic E-state index is 8.59. The van der Waals surface area contributed by atoms with Crippen molar-refractivity contribution >= 4 is 63.7 Å². The number of allylic oxidation sites excluding steroid dienone is 8. The fourth-order valence-electron chi connectivity index (χ4n) is 6.85. The number of hydrogen-bond donors (Lipinski definition) is 0. The topological polar surface area (TPSA) is 25.9 Å². The number of hydrogen-bond acceptors (Lipinski definition) is 6. The van der Waals surface area contributed by atoms with Crippen molar-refractivity contribution in [1.29, 1.82) is 0 Å². The average Bonchev–Trinajstić information content (AvgIpc) is 3.03. The van der Waals surface area contributed by atoms with Crippen molar-refractivity contribution in [3.63, 3.8) is 0 Å². The van der Waals surface area contributed by atoms with Crippen molar-refractivity contribution in [2.75, 3.05) is 0 Å². The van der Waals surface area contributed by atoms with Gasteiger partial charge in [-0.25, -0.2) is 4.98 Å². The third-order valence-corrected chi connectivity index (χ3v) is 13.9. The van der Waals surface area contributed by atoms with Crippen molar-refractivity contribution in [3.05, 3.63) is 133 Å². The first-order chi connectivity index (χ1) is 21.2. The molecular formula is C30H29B4N5SSi. The van der Waals surface area contributed by atoms with Crippen molar-refractivity contribution in [2.45, 2.75) is 29.9 Å². The monoisotopic (exact) mass is 566 g/mol. The Bertz CT molecular complexity index is 1770. The van der Waals surface area contributed by atoms with Crippen LogP contribution in [0.4, 0.5) is 0 Å². The molecule has 8 rings (SSSR count). The number of benzene rings is 1. The van der Waals surface area contributed by atoms with E-state index in [4.69, 9.17) is 9.10 Å². The van der Waals surface area contributed by atoms with Gasteiger partial charge in [-0.05, 0) is 83.0 Å². The smallest absolute Gasteiger partial charge is 0.380 e. The van der Waals surface area contributed by atoms with Gasteiger partial charge in [0.05, 0.1) is 0 Å². The first kappa shape index (κ1) is 22.0. The highest BCUT2D eigenvalue weighted by molar-refractivity contribution is 8.00. The van der Waals surface area contributed by atoms with Gasteiger partial charge < -0.3 is 18.9 Å². The second kappa shape index (κ2) is 9.43. The predicted molar refractivity (Wildman–Crippen MR) is 179 cm³/mol. The van der Waals surface area contributed by atoms with E-state index in [1.165, 1.54) is 10.4 Å². The Balaban J connectivity index is 1.32. The van der Waals surface area contributed by atoms with Crippen LogP contribution in [-0.4, -0.2) is 59.9 Å². The molecule has 0 amide bonds. The maximum Gasteiger partial charge on any atom is 0.380 e. The van der Waals surface area contributed by atoms with Crippen LogP contribution in [0.1, 0.15) is 15.2 Å². The number of aryl methyl sites for hydroxylation is 1. The molecule has 0 unspecified atom stereocenters. The summed E-state index contributed by atoms with van der Waals surface area (Å²) < 4.78 is 35.3. The number of aromatic nitrogens is 1. The molecule has 6 aliphatic heterocycles. The summed E-state index contributed by atoms with van der Waals surface area (Å²) in [5.41, 5.74) is 2.10. The van der Waals surface area contributed by atoms with Crippen LogP contribution in [0.2, 0.25) is 13.1 Å². The van der Waals surface area contributed by atoms with Gasteiger partial charge in [-0.2, -0.15) is 0 Å². The minimum absolute atomic E-state index is 0.00547. The fourth-order valence-corrected chi connectivity index (χ4v) is 12.3. The molecule has 2 aromatic rings. The molecule has 1 aromatic carbocycles. The third kappa shape index (κ3) is 3.78. The summed E-state index contributed by atoms with van der Waals surface area (Å²) in [4.78, 5) is 5.80. The number of pyridine rings is 1. The zero-order valence-corrected chi connectivity index (χ0v) is 24.8. The van der Waals surface area contributed by atoms with Gasteiger partial charge in [-0.15, -0.1) is 0 Å². The lowest BCUT2D eigenvalue weighted by molar-refractivity contribution is 0.622. The van der Waals surface area contributed by atoms with Gasteiger partial charge in [0.25, 0.3) is 0 Å². The van der Waals surface area contributed by atoms with Crippen LogP contribution in [0.5, 0.6) is 0 Å². The summed E-state index contributed by atoms with van der Waals surface area (Å²) >= 11 is 1.62. The van der Waals surface area contributed by atoms with Gasteiger partial charge in [0.1, 0.15) is 13.1 Å². The van der Waals surface area contributed by atoms with Gasteiger partial charge in [-0.3, -0.25) is 0 Å². The number of nitrogens with zero attached hydrogens (tertiary/aromatic N) is 5. The summed E-state index contributed by atoms with van der Waals surface area (Å²) in [6, 6.07) is 8.14. The Hall–Kier alpha value is -3.68. The van der Waals surface area contributed by atoms with Crippen molar-refractivity contribution in [2.24, 2.45) is 0 Å². The second-order valence-corrected chi connectivity index (χ2v) is 16.8. The van der Waals surface area contributed by atoms with E-state index in [-0.39, 0.29) is 27.9 Å². The molecular weight excluding hydrogens is 534 g/mol. The molecule has 0 spiro atoms. The zero-order valence-electron chi connectivity index (χ0n) is 26.0. The molecule has 5 nitrogen and oxygen atoms in total. The zero-order chi connectivity index (χ0) is 30.2. The van der Waals surface area contributed by atoms with Crippen molar-refractivity contribution in [3.8, 4) is 0 Å². The van der Waals surface area contributed by atoms with E-state index >= 15 is 0 Å². The lowest BCUT2D eigenvalue weighted by Crippen LogP contribution is -2.73. The first-order valence-corrected chi connectivity index (χ1v) is 17.9. The molecule has 1 saturated heterocycles. The van der Waals surface area contributed by atoms with Crippen molar-refractivity contribution < 1.29 is 4.11 Å². The SMILES string of the molecule is [2H]C([2H])([2H])c1ccc2c(c1C1=CN3B4C=CC=CN4B4C=CC=CN4B4C=CC=CN4B3C=C1)Sc1ncccc1[Si]2(C)C. The minimum atomic E-state index is -2.27. The first-order valence-electron chi connectivity index (χ1n) is 15.6. The summed E-state index contributed by atoms with van der Waals surface area (Å²) in [6.45, 7) is 2.24. The number of rotatable bonds is 1. The van der Waals surface area contributed by atoms with Gasteiger partial charge in [0.2, 0.25) is 0 Å². The van der Waals surface area contributed by atoms with E-state index in [0.717, 1.165) is 21.1 Å². The molecule has 0 bridgehead atoms. The van der Waals surface area contributed by atoms with Crippen LogP contribution in [0.25, 0.3) is 5.57 Å². The highest BCUT2D eigenvalue weighted by atomic mass is 32.2. The Kier molecular flexibility index (Phi) is 5.05. The van der Waals surface area contributed by atoms with E-state index in [2.05, 4.69) is 135 Å². The second-order valence-electron chi connectivity index (χ2n) is 11.5. The third-order valence-electron chi connectivity index (χ3n) is 8.90. The molecule has 6 aliphatic rings. The van der Waals surface area contributed by atoms with E-state index in [0.29, 0.717) is 5.56 Å². The quantitative estimate of drug-likeness (QED) is 0.482. The normalized spacial score (nSPS) is 22.1. The van der Waals surface area contributed by atoms with Crippen LogP contribution in [0.15, 0.2) is 132 Å².